The summed E-state index contributed by atoms with van der Waals surface area (Å²) in [4.78, 5) is 25.2. The third-order valence-corrected chi connectivity index (χ3v) is 3.88. The Labute approximate surface area is 109 Å². The van der Waals surface area contributed by atoms with E-state index in [1.165, 1.54) is 0 Å². The predicted molar refractivity (Wildman–Crippen MR) is 70.9 cm³/mol. The summed E-state index contributed by atoms with van der Waals surface area (Å²) < 4.78 is 0. The van der Waals surface area contributed by atoms with Gasteiger partial charge in [0.25, 0.3) is 0 Å². The highest BCUT2D eigenvalue weighted by atomic mass is 16.2. The Morgan fingerprint density at radius 2 is 2.17 bits per heavy atom. The molecule has 5 nitrogen and oxygen atoms in total. The third kappa shape index (κ3) is 3.70. The Morgan fingerprint density at radius 1 is 1.50 bits per heavy atom. The standard InChI is InChI=1S/C13H25N3O2/c1-10(2)13(3,9-14)15-11(17)8-16-7-5-4-6-12(16)18/h10H,4-9,14H2,1-3H3,(H,15,17). The van der Waals surface area contributed by atoms with Crippen molar-refractivity contribution in [2.24, 2.45) is 11.7 Å². The van der Waals surface area contributed by atoms with Gasteiger partial charge in [-0.15, -0.1) is 0 Å². The molecule has 1 rings (SSSR count). The summed E-state index contributed by atoms with van der Waals surface area (Å²) in [5.74, 6) is 0.214. The number of nitrogens with one attached hydrogen (secondary N) is 1. The Kier molecular flexibility index (Phi) is 5.14. The zero-order chi connectivity index (χ0) is 13.8. The van der Waals surface area contributed by atoms with E-state index in [4.69, 9.17) is 5.73 Å². The molecule has 1 aliphatic rings. The number of piperidine rings is 1. The molecule has 1 heterocycles. The lowest BCUT2D eigenvalue weighted by atomic mass is 9.88. The van der Waals surface area contributed by atoms with E-state index >= 15 is 0 Å². The maximum absolute atomic E-state index is 12.0. The Morgan fingerprint density at radius 3 is 2.67 bits per heavy atom. The van der Waals surface area contributed by atoms with Crippen molar-refractivity contribution < 1.29 is 9.59 Å². The number of carbonyl (C=O) groups is 2. The molecule has 1 unspecified atom stereocenters. The number of nitrogens with zero attached hydrogens (tertiary/aromatic N) is 1. The van der Waals surface area contributed by atoms with Crippen LogP contribution in [0.4, 0.5) is 0 Å². The quantitative estimate of drug-likeness (QED) is 0.750. The van der Waals surface area contributed by atoms with Gasteiger partial charge >= 0.3 is 0 Å². The summed E-state index contributed by atoms with van der Waals surface area (Å²) >= 11 is 0. The van der Waals surface area contributed by atoms with E-state index in [1.54, 1.807) is 4.90 Å². The topological polar surface area (TPSA) is 75.4 Å². The number of amides is 2. The van der Waals surface area contributed by atoms with Crippen molar-refractivity contribution in [3.05, 3.63) is 0 Å². The van der Waals surface area contributed by atoms with Crippen LogP contribution in [0.25, 0.3) is 0 Å². The van der Waals surface area contributed by atoms with Gasteiger partial charge in [0.2, 0.25) is 11.8 Å². The molecular formula is C13H25N3O2. The minimum Gasteiger partial charge on any atom is -0.348 e. The Bertz CT molecular complexity index is 317. The average molecular weight is 255 g/mol. The molecule has 0 spiro atoms. The van der Waals surface area contributed by atoms with Gasteiger partial charge in [0, 0.05) is 19.5 Å². The Hall–Kier alpha value is -1.10. The summed E-state index contributed by atoms with van der Waals surface area (Å²) in [6.07, 6.45) is 2.48. The van der Waals surface area contributed by atoms with E-state index in [-0.39, 0.29) is 24.3 Å². The van der Waals surface area contributed by atoms with Crippen LogP contribution in [-0.2, 0) is 9.59 Å². The molecule has 1 aliphatic heterocycles. The van der Waals surface area contributed by atoms with Gasteiger partial charge in [-0.1, -0.05) is 13.8 Å². The van der Waals surface area contributed by atoms with Crippen molar-refractivity contribution in [1.29, 1.82) is 0 Å². The summed E-state index contributed by atoms with van der Waals surface area (Å²) in [5, 5.41) is 2.95. The largest absolute Gasteiger partial charge is 0.348 e. The highest BCUT2D eigenvalue weighted by Crippen LogP contribution is 2.15. The van der Waals surface area contributed by atoms with Crippen LogP contribution in [0.2, 0.25) is 0 Å². The summed E-state index contributed by atoms with van der Waals surface area (Å²) in [5.41, 5.74) is 5.31. The molecule has 5 heteroatoms. The molecule has 3 N–H and O–H groups in total. The second-order valence-electron chi connectivity index (χ2n) is 5.60. The van der Waals surface area contributed by atoms with E-state index < -0.39 is 5.54 Å². The van der Waals surface area contributed by atoms with Gasteiger partial charge in [0.15, 0.2) is 0 Å². The number of nitrogens with two attached hydrogens (primary N) is 1. The fourth-order valence-corrected chi connectivity index (χ4v) is 1.99. The van der Waals surface area contributed by atoms with Crippen molar-refractivity contribution in [2.75, 3.05) is 19.6 Å². The highest BCUT2D eigenvalue weighted by molar-refractivity contribution is 5.85. The van der Waals surface area contributed by atoms with Crippen LogP contribution in [0, 0.1) is 5.92 Å². The smallest absolute Gasteiger partial charge is 0.240 e. The molecule has 0 radical (unpaired) electrons. The lowest BCUT2D eigenvalue weighted by Gasteiger charge is -2.35. The maximum Gasteiger partial charge on any atom is 0.240 e. The van der Waals surface area contributed by atoms with Gasteiger partial charge in [-0.2, -0.15) is 0 Å². The van der Waals surface area contributed by atoms with Crippen LogP contribution in [0.15, 0.2) is 0 Å². The summed E-state index contributed by atoms with van der Waals surface area (Å²) in [7, 11) is 0. The second-order valence-corrected chi connectivity index (χ2v) is 5.60. The summed E-state index contributed by atoms with van der Waals surface area (Å²) in [6.45, 7) is 7.23. The molecule has 1 atom stereocenters. The number of carbonyl (C=O) groups excluding carboxylic acids is 2. The van der Waals surface area contributed by atoms with E-state index in [9.17, 15) is 9.59 Å². The molecule has 0 aromatic carbocycles. The van der Waals surface area contributed by atoms with Crippen LogP contribution in [0.5, 0.6) is 0 Å². The number of hydrogen-bond acceptors (Lipinski definition) is 3. The molecular weight excluding hydrogens is 230 g/mol. The number of hydrogen-bond donors (Lipinski definition) is 2. The van der Waals surface area contributed by atoms with Crippen LogP contribution in [0.3, 0.4) is 0 Å². The fourth-order valence-electron chi connectivity index (χ4n) is 1.99. The second kappa shape index (κ2) is 6.18. The maximum atomic E-state index is 12.0. The van der Waals surface area contributed by atoms with Crippen LogP contribution < -0.4 is 11.1 Å². The minimum absolute atomic E-state index is 0.0791. The van der Waals surface area contributed by atoms with Gasteiger partial charge in [-0.3, -0.25) is 9.59 Å². The van der Waals surface area contributed by atoms with Gasteiger partial charge in [0.05, 0.1) is 12.1 Å². The van der Waals surface area contributed by atoms with Crippen LogP contribution in [-0.4, -0.2) is 41.9 Å². The molecule has 0 aromatic heterocycles. The van der Waals surface area contributed by atoms with Gasteiger partial charge in [0.1, 0.15) is 0 Å². The van der Waals surface area contributed by atoms with E-state index in [0.717, 1.165) is 12.8 Å². The first-order valence-corrected chi connectivity index (χ1v) is 6.68. The average Bonchev–Trinajstić information content (AvgIpc) is 2.31. The normalized spacial score (nSPS) is 19.8. The van der Waals surface area contributed by atoms with Crippen molar-refractivity contribution in [1.82, 2.24) is 10.2 Å². The fraction of sp³-hybridized carbons (Fsp3) is 0.846. The molecule has 1 saturated heterocycles. The predicted octanol–water partition coefficient (Wildman–Crippen LogP) is 0.489. The van der Waals surface area contributed by atoms with Gasteiger partial charge < -0.3 is 16.0 Å². The highest BCUT2D eigenvalue weighted by Gasteiger charge is 2.30. The monoisotopic (exact) mass is 255 g/mol. The van der Waals surface area contributed by atoms with Crippen molar-refractivity contribution >= 4 is 11.8 Å². The molecule has 0 bridgehead atoms. The van der Waals surface area contributed by atoms with Gasteiger partial charge in [-0.25, -0.2) is 0 Å². The SMILES string of the molecule is CC(C)C(C)(CN)NC(=O)CN1CCCCC1=O. The first-order valence-electron chi connectivity index (χ1n) is 6.68. The third-order valence-electron chi connectivity index (χ3n) is 3.88. The molecule has 0 aliphatic carbocycles. The molecule has 104 valence electrons. The van der Waals surface area contributed by atoms with E-state index in [1.807, 2.05) is 20.8 Å². The number of likely N-dealkylation sites (tertiary alicyclic amines) is 1. The number of rotatable bonds is 5. The summed E-state index contributed by atoms with van der Waals surface area (Å²) in [6, 6.07) is 0. The molecule has 18 heavy (non-hydrogen) atoms. The van der Waals surface area contributed by atoms with Crippen LogP contribution in [0.1, 0.15) is 40.0 Å². The van der Waals surface area contributed by atoms with Crippen molar-refractivity contribution in [3.8, 4) is 0 Å². The zero-order valence-corrected chi connectivity index (χ0v) is 11.7. The van der Waals surface area contributed by atoms with Crippen molar-refractivity contribution in [2.45, 2.75) is 45.6 Å². The lowest BCUT2D eigenvalue weighted by molar-refractivity contribution is -0.138. The molecule has 2 amide bonds. The van der Waals surface area contributed by atoms with E-state index in [2.05, 4.69) is 5.32 Å². The van der Waals surface area contributed by atoms with E-state index in [0.29, 0.717) is 19.5 Å². The molecule has 0 aromatic rings. The van der Waals surface area contributed by atoms with Crippen LogP contribution >= 0.6 is 0 Å². The Balaban J connectivity index is 2.52. The minimum atomic E-state index is -0.407. The lowest BCUT2D eigenvalue weighted by Crippen LogP contribution is -2.57. The first kappa shape index (κ1) is 15.0. The molecule has 1 fully saturated rings. The van der Waals surface area contributed by atoms with Crippen molar-refractivity contribution in [3.63, 3.8) is 0 Å². The zero-order valence-electron chi connectivity index (χ0n) is 11.7. The first-order chi connectivity index (χ1) is 8.39. The van der Waals surface area contributed by atoms with Gasteiger partial charge in [-0.05, 0) is 25.7 Å². The molecule has 0 saturated carbocycles.